The number of alkyl halides is 3. The van der Waals surface area contributed by atoms with Gasteiger partial charge in [-0.1, -0.05) is 18.2 Å². The van der Waals surface area contributed by atoms with E-state index >= 15 is 0 Å². The third-order valence-corrected chi connectivity index (χ3v) is 4.40. The van der Waals surface area contributed by atoms with Gasteiger partial charge in [0.15, 0.2) is 6.35 Å². The smallest absolute Gasteiger partial charge is 0.361 e. The van der Waals surface area contributed by atoms with Gasteiger partial charge < -0.3 is 10.4 Å². The Kier molecular flexibility index (Phi) is 7.41. The Balaban J connectivity index is 1.89. The largest absolute Gasteiger partial charge is 0.419 e. The Hall–Kier alpha value is -1.90. The number of aliphatic hydroxyl groups excluding tert-OH is 1. The molecule has 2 atom stereocenters. The van der Waals surface area contributed by atoms with E-state index < -0.39 is 23.9 Å². The van der Waals surface area contributed by atoms with E-state index in [1.54, 1.807) is 0 Å². The lowest BCUT2D eigenvalue weighted by Crippen LogP contribution is -2.44. The lowest BCUT2D eigenvalue weighted by Gasteiger charge is -2.22. The number of aliphatic hydroxyl groups is 1. The fraction of sp³-hybridized carbons (Fsp3) is 0.474. The van der Waals surface area contributed by atoms with Crippen LogP contribution >= 0.6 is 0 Å². The predicted octanol–water partition coefficient (Wildman–Crippen LogP) is 3.72. The van der Waals surface area contributed by atoms with Crippen LogP contribution in [0.15, 0.2) is 42.0 Å². The molecule has 1 saturated heterocycles. The van der Waals surface area contributed by atoms with Gasteiger partial charge >= 0.3 is 6.18 Å². The summed E-state index contributed by atoms with van der Waals surface area (Å²) in [4.78, 5) is 2.24. The van der Waals surface area contributed by atoms with Crippen molar-refractivity contribution >= 4 is 5.69 Å². The summed E-state index contributed by atoms with van der Waals surface area (Å²) in [5, 5.41) is 15.6. The topological polar surface area (TPSA) is 47.5 Å². The van der Waals surface area contributed by atoms with Crippen LogP contribution in [0.2, 0.25) is 0 Å². The predicted molar refractivity (Wildman–Crippen MR) is 97.6 cm³/mol. The van der Waals surface area contributed by atoms with E-state index in [0.717, 1.165) is 31.6 Å². The molecule has 27 heavy (non-hydrogen) atoms. The van der Waals surface area contributed by atoms with Crippen LogP contribution in [0.1, 0.15) is 25.8 Å². The molecule has 1 aromatic carbocycles. The lowest BCUT2D eigenvalue weighted by atomic mass is 10.2. The molecule has 0 spiro atoms. The van der Waals surface area contributed by atoms with Crippen LogP contribution in [-0.4, -0.2) is 42.0 Å². The van der Waals surface area contributed by atoms with E-state index in [1.807, 2.05) is 32.1 Å². The second-order valence-corrected chi connectivity index (χ2v) is 6.49. The fourth-order valence-electron chi connectivity index (χ4n) is 3.08. The van der Waals surface area contributed by atoms with Gasteiger partial charge in [0.05, 0.1) is 5.56 Å². The quantitative estimate of drug-likeness (QED) is 0.379. The van der Waals surface area contributed by atoms with Crippen LogP contribution in [0.25, 0.3) is 0 Å². The minimum Gasteiger partial charge on any atom is -0.361 e. The molecule has 1 fully saturated rings. The van der Waals surface area contributed by atoms with E-state index in [-0.39, 0.29) is 11.7 Å². The molecule has 1 aliphatic heterocycles. The van der Waals surface area contributed by atoms with Gasteiger partial charge in [-0.2, -0.15) is 13.2 Å². The molecule has 150 valence electrons. The van der Waals surface area contributed by atoms with Crippen molar-refractivity contribution in [1.29, 1.82) is 0 Å². The Morgan fingerprint density at radius 3 is 2.74 bits per heavy atom. The molecule has 1 heterocycles. The molecule has 1 aromatic rings. The van der Waals surface area contributed by atoms with Gasteiger partial charge in [-0.3, -0.25) is 10.2 Å². The number of hydrogen-bond donors (Lipinski definition) is 3. The first-order valence-corrected chi connectivity index (χ1v) is 8.80. The minimum atomic E-state index is -4.79. The highest BCUT2D eigenvalue weighted by Gasteiger charge is 2.34. The highest BCUT2D eigenvalue weighted by Crippen LogP contribution is 2.33. The molecule has 3 N–H and O–H groups in total. The van der Waals surface area contributed by atoms with Crippen molar-refractivity contribution in [3.63, 3.8) is 0 Å². The zero-order chi connectivity index (χ0) is 20.0. The van der Waals surface area contributed by atoms with Crippen molar-refractivity contribution in [2.45, 2.75) is 38.8 Å². The molecule has 8 heteroatoms. The van der Waals surface area contributed by atoms with Crippen molar-refractivity contribution in [3.05, 3.63) is 53.4 Å². The van der Waals surface area contributed by atoms with Crippen molar-refractivity contribution in [2.24, 2.45) is 0 Å². The summed E-state index contributed by atoms with van der Waals surface area (Å²) in [6, 6.07) is 2.54. The molecular weight excluding hydrogens is 362 g/mol. The summed E-state index contributed by atoms with van der Waals surface area (Å²) in [5.41, 5.74) is -0.180. The summed E-state index contributed by atoms with van der Waals surface area (Å²) < 4.78 is 51.6. The zero-order valence-electron chi connectivity index (χ0n) is 15.4. The minimum absolute atomic E-state index is 0.00116. The molecule has 0 amide bonds. The van der Waals surface area contributed by atoms with Gasteiger partial charge in [-0.05, 0) is 44.0 Å². The number of benzene rings is 1. The molecule has 4 nitrogen and oxygen atoms in total. The van der Waals surface area contributed by atoms with Crippen molar-refractivity contribution < 1.29 is 22.7 Å². The Morgan fingerprint density at radius 1 is 1.37 bits per heavy atom. The molecule has 0 radical (unpaired) electrons. The molecule has 0 aromatic heterocycles. The summed E-state index contributed by atoms with van der Waals surface area (Å²) in [7, 11) is 0. The van der Waals surface area contributed by atoms with Crippen LogP contribution in [0.3, 0.4) is 0 Å². The number of hydrogen-bond acceptors (Lipinski definition) is 4. The van der Waals surface area contributed by atoms with E-state index in [9.17, 15) is 22.7 Å². The molecule has 0 saturated carbocycles. The maximum atomic E-state index is 13.3. The fourth-order valence-corrected chi connectivity index (χ4v) is 3.08. The second-order valence-electron chi connectivity index (χ2n) is 6.49. The van der Waals surface area contributed by atoms with E-state index in [0.29, 0.717) is 12.6 Å². The van der Waals surface area contributed by atoms with Crippen LogP contribution < -0.4 is 10.6 Å². The number of nitrogens with one attached hydrogen (secondary N) is 2. The maximum absolute atomic E-state index is 13.3. The molecule has 2 rings (SSSR count). The highest BCUT2D eigenvalue weighted by atomic mass is 19.4. The number of rotatable bonds is 7. The van der Waals surface area contributed by atoms with Crippen molar-refractivity contribution in [1.82, 2.24) is 10.2 Å². The van der Waals surface area contributed by atoms with Crippen LogP contribution in [0, 0.1) is 5.82 Å². The molecule has 0 aliphatic carbocycles. The molecule has 2 unspecified atom stereocenters. The van der Waals surface area contributed by atoms with E-state index in [1.165, 1.54) is 5.57 Å². The summed E-state index contributed by atoms with van der Waals surface area (Å²) in [6.45, 7) is 6.31. The first-order valence-electron chi connectivity index (χ1n) is 8.80. The number of anilines is 1. The average Bonchev–Trinajstić information content (AvgIpc) is 3.02. The maximum Gasteiger partial charge on any atom is 0.419 e. The van der Waals surface area contributed by atoms with Gasteiger partial charge in [0.2, 0.25) is 0 Å². The Bertz CT molecular complexity index is 688. The Labute approximate surface area is 156 Å². The normalized spacial score (nSPS) is 20.4. The Morgan fingerprint density at radius 2 is 2.11 bits per heavy atom. The van der Waals surface area contributed by atoms with Crippen molar-refractivity contribution in [2.75, 3.05) is 25.0 Å². The van der Waals surface area contributed by atoms with Crippen LogP contribution in [0.4, 0.5) is 23.2 Å². The van der Waals surface area contributed by atoms with E-state index in [4.69, 9.17) is 0 Å². The summed E-state index contributed by atoms with van der Waals surface area (Å²) >= 11 is 0. The first-order chi connectivity index (χ1) is 12.7. The molecule has 0 bridgehead atoms. The van der Waals surface area contributed by atoms with Gasteiger partial charge in [0, 0.05) is 31.4 Å². The lowest BCUT2D eigenvalue weighted by molar-refractivity contribution is -0.139. The number of likely N-dealkylation sites (tertiary alicyclic amines) is 1. The standard InChI is InChI=1S/C19H25F4N3O/c1-3-5-13(4-2)11-26-9-8-15(12-26)25-18(27)24-14-6-7-17(20)16(10-14)19(21,22)23/h3-7,10,15,18,24-25,27H,8-9,11-12H2,1-2H3. The van der Waals surface area contributed by atoms with Gasteiger partial charge in [0.1, 0.15) is 5.82 Å². The molecule has 1 aliphatic rings. The second kappa shape index (κ2) is 9.34. The number of nitrogens with zero attached hydrogens (tertiary/aromatic N) is 1. The summed E-state index contributed by atoms with van der Waals surface area (Å²) in [6.07, 6.45) is 0.852. The average molecular weight is 387 g/mol. The summed E-state index contributed by atoms with van der Waals surface area (Å²) in [5.74, 6) is -1.34. The number of allylic oxidation sites excluding steroid dienone is 2. The highest BCUT2D eigenvalue weighted by molar-refractivity contribution is 5.47. The number of halogens is 4. The van der Waals surface area contributed by atoms with Crippen LogP contribution in [-0.2, 0) is 6.18 Å². The monoisotopic (exact) mass is 387 g/mol. The third kappa shape index (κ3) is 6.34. The SMILES string of the molecule is CC=CC(=CC)CN1CCC(NC(O)Nc2ccc(F)c(C(F)(F)F)c2)C1. The zero-order valence-corrected chi connectivity index (χ0v) is 15.4. The van der Waals surface area contributed by atoms with Gasteiger partial charge in [-0.25, -0.2) is 4.39 Å². The van der Waals surface area contributed by atoms with Gasteiger partial charge in [0.25, 0.3) is 0 Å². The van der Waals surface area contributed by atoms with Crippen LogP contribution in [0.5, 0.6) is 0 Å². The molecular formula is C19H25F4N3O. The van der Waals surface area contributed by atoms with E-state index in [2.05, 4.69) is 15.5 Å². The van der Waals surface area contributed by atoms with Crippen molar-refractivity contribution in [3.8, 4) is 0 Å². The third-order valence-electron chi connectivity index (χ3n) is 4.40. The first kappa shape index (κ1) is 21.4. The van der Waals surface area contributed by atoms with Gasteiger partial charge in [-0.15, -0.1) is 0 Å².